The van der Waals surface area contributed by atoms with Crippen LogP contribution in [0, 0.1) is 12.8 Å². The van der Waals surface area contributed by atoms with Crippen molar-refractivity contribution in [3.05, 3.63) is 11.1 Å². The van der Waals surface area contributed by atoms with Gasteiger partial charge in [0, 0.05) is 23.7 Å². The second kappa shape index (κ2) is 4.49. The first kappa shape index (κ1) is 10.9. The number of piperidine rings is 1. The Morgan fingerprint density at radius 1 is 1.67 bits per heavy atom. The molecule has 1 fully saturated rings. The van der Waals surface area contributed by atoms with Crippen molar-refractivity contribution in [2.24, 2.45) is 11.7 Å². The van der Waals surface area contributed by atoms with Gasteiger partial charge in [0.05, 0.1) is 0 Å². The van der Waals surface area contributed by atoms with E-state index in [-0.39, 0.29) is 0 Å². The molecule has 15 heavy (non-hydrogen) atoms. The number of hydrogen-bond donors (Lipinski definition) is 1. The van der Waals surface area contributed by atoms with Crippen molar-refractivity contribution in [1.29, 1.82) is 0 Å². The van der Waals surface area contributed by atoms with E-state index in [4.69, 9.17) is 5.73 Å². The van der Waals surface area contributed by atoms with Gasteiger partial charge in [-0.1, -0.05) is 0 Å². The van der Waals surface area contributed by atoms with Crippen molar-refractivity contribution in [1.82, 2.24) is 4.98 Å². The molecular formula is C11H19N3S. The first-order valence-electron chi connectivity index (χ1n) is 5.61. The van der Waals surface area contributed by atoms with E-state index in [0.29, 0.717) is 12.0 Å². The lowest BCUT2D eigenvalue weighted by Crippen LogP contribution is -2.46. The molecule has 0 bridgehead atoms. The molecular weight excluding hydrogens is 206 g/mol. The molecule has 0 saturated carbocycles. The minimum absolute atomic E-state index is 0.536. The molecule has 1 aromatic heterocycles. The number of aryl methyl sites for hydroxylation is 1. The number of aromatic nitrogens is 1. The zero-order chi connectivity index (χ0) is 10.8. The lowest BCUT2D eigenvalue weighted by molar-refractivity contribution is 0.345. The van der Waals surface area contributed by atoms with Gasteiger partial charge in [0.2, 0.25) is 0 Å². The van der Waals surface area contributed by atoms with Crippen molar-refractivity contribution < 1.29 is 0 Å². The van der Waals surface area contributed by atoms with Crippen LogP contribution in [0.15, 0.2) is 6.20 Å². The molecule has 2 rings (SSSR count). The van der Waals surface area contributed by atoms with Crippen LogP contribution >= 0.6 is 11.3 Å². The van der Waals surface area contributed by atoms with Crippen LogP contribution in [0.4, 0.5) is 5.13 Å². The molecule has 3 nitrogen and oxygen atoms in total. The summed E-state index contributed by atoms with van der Waals surface area (Å²) in [6.45, 7) is 6.30. The van der Waals surface area contributed by atoms with Gasteiger partial charge in [-0.2, -0.15) is 0 Å². The monoisotopic (exact) mass is 225 g/mol. The average molecular weight is 225 g/mol. The fourth-order valence-electron chi connectivity index (χ4n) is 2.28. The lowest BCUT2D eigenvalue weighted by Gasteiger charge is -2.38. The SMILES string of the molecule is Cc1cnc(N2CCC[C@H](CN)[C@H]2C)s1. The standard InChI is InChI=1S/C11H19N3S/c1-8-7-13-11(15-8)14-5-3-4-10(6-12)9(14)2/h7,9-10H,3-6,12H2,1-2H3/t9-,10-/m1/s1. The molecule has 0 amide bonds. The van der Waals surface area contributed by atoms with Gasteiger partial charge in [-0.15, -0.1) is 11.3 Å². The van der Waals surface area contributed by atoms with E-state index in [0.717, 1.165) is 18.2 Å². The Kier molecular flexibility index (Phi) is 3.26. The zero-order valence-electron chi connectivity index (χ0n) is 9.44. The number of rotatable bonds is 2. The molecule has 0 unspecified atom stereocenters. The highest BCUT2D eigenvalue weighted by Gasteiger charge is 2.28. The summed E-state index contributed by atoms with van der Waals surface area (Å²) in [4.78, 5) is 8.16. The minimum Gasteiger partial charge on any atom is -0.345 e. The van der Waals surface area contributed by atoms with E-state index < -0.39 is 0 Å². The van der Waals surface area contributed by atoms with Gasteiger partial charge < -0.3 is 10.6 Å². The van der Waals surface area contributed by atoms with E-state index in [1.165, 1.54) is 17.7 Å². The van der Waals surface area contributed by atoms with Crippen molar-refractivity contribution in [2.45, 2.75) is 32.7 Å². The van der Waals surface area contributed by atoms with Gasteiger partial charge in [0.1, 0.15) is 0 Å². The Balaban J connectivity index is 2.14. The van der Waals surface area contributed by atoms with Gasteiger partial charge in [-0.3, -0.25) is 0 Å². The third-order valence-electron chi connectivity index (χ3n) is 3.31. The fourth-order valence-corrected chi connectivity index (χ4v) is 3.16. The maximum atomic E-state index is 5.80. The molecule has 1 aromatic rings. The van der Waals surface area contributed by atoms with Gasteiger partial charge in [-0.25, -0.2) is 4.98 Å². The summed E-state index contributed by atoms with van der Waals surface area (Å²) >= 11 is 1.78. The molecule has 0 aliphatic carbocycles. The van der Waals surface area contributed by atoms with Crippen molar-refractivity contribution in [3.63, 3.8) is 0 Å². The largest absolute Gasteiger partial charge is 0.345 e. The van der Waals surface area contributed by atoms with E-state index in [1.807, 2.05) is 6.20 Å². The molecule has 0 spiro atoms. The van der Waals surface area contributed by atoms with E-state index in [2.05, 4.69) is 23.7 Å². The maximum Gasteiger partial charge on any atom is 0.185 e. The van der Waals surface area contributed by atoms with Crippen molar-refractivity contribution in [2.75, 3.05) is 18.0 Å². The molecule has 2 atom stereocenters. The normalized spacial score (nSPS) is 27.0. The third-order valence-corrected chi connectivity index (χ3v) is 4.26. The smallest absolute Gasteiger partial charge is 0.185 e. The quantitative estimate of drug-likeness (QED) is 0.837. The summed E-state index contributed by atoms with van der Waals surface area (Å²) < 4.78 is 0. The van der Waals surface area contributed by atoms with Crippen LogP contribution in [-0.2, 0) is 0 Å². The highest BCUT2D eigenvalue weighted by atomic mass is 32.1. The highest BCUT2D eigenvalue weighted by molar-refractivity contribution is 7.15. The Morgan fingerprint density at radius 3 is 3.07 bits per heavy atom. The van der Waals surface area contributed by atoms with Gasteiger partial charge >= 0.3 is 0 Å². The molecule has 4 heteroatoms. The minimum atomic E-state index is 0.536. The van der Waals surface area contributed by atoms with Crippen LogP contribution in [0.5, 0.6) is 0 Å². The van der Waals surface area contributed by atoms with Crippen molar-refractivity contribution in [3.8, 4) is 0 Å². The van der Waals surface area contributed by atoms with Crippen molar-refractivity contribution >= 4 is 16.5 Å². The number of nitrogens with zero attached hydrogens (tertiary/aromatic N) is 2. The Hall–Kier alpha value is -0.610. The summed E-state index contributed by atoms with van der Waals surface area (Å²) in [6.07, 6.45) is 4.46. The van der Waals surface area contributed by atoms with Crippen LogP contribution in [0.1, 0.15) is 24.6 Å². The van der Waals surface area contributed by atoms with E-state index in [9.17, 15) is 0 Å². The number of anilines is 1. The van der Waals surface area contributed by atoms with E-state index in [1.54, 1.807) is 11.3 Å². The number of thiazole rings is 1. The lowest BCUT2D eigenvalue weighted by atomic mass is 9.91. The number of hydrogen-bond acceptors (Lipinski definition) is 4. The molecule has 2 heterocycles. The zero-order valence-corrected chi connectivity index (χ0v) is 10.3. The molecule has 84 valence electrons. The van der Waals surface area contributed by atoms with Crippen LogP contribution < -0.4 is 10.6 Å². The topological polar surface area (TPSA) is 42.2 Å². The summed E-state index contributed by atoms with van der Waals surface area (Å²) in [5.41, 5.74) is 5.80. The molecule has 1 aliphatic rings. The predicted octanol–water partition coefficient (Wildman–Crippen LogP) is 2.02. The predicted molar refractivity (Wildman–Crippen MR) is 65.4 cm³/mol. The molecule has 2 N–H and O–H groups in total. The van der Waals surface area contributed by atoms with Crippen LogP contribution in [-0.4, -0.2) is 24.1 Å². The van der Waals surface area contributed by atoms with E-state index >= 15 is 0 Å². The Bertz CT molecular complexity index is 323. The van der Waals surface area contributed by atoms with Crippen LogP contribution in [0.3, 0.4) is 0 Å². The summed E-state index contributed by atoms with van der Waals surface area (Å²) in [6, 6.07) is 0.536. The average Bonchev–Trinajstić information content (AvgIpc) is 2.65. The Morgan fingerprint density at radius 2 is 2.47 bits per heavy atom. The fraction of sp³-hybridized carbons (Fsp3) is 0.727. The highest BCUT2D eigenvalue weighted by Crippen LogP contribution is 2.30. The molecule has 0 aromatic carbocycles. The Labute approximate surface area is 95.3 Å². The summed E-state index contributed by atoms with van der Waals surface area (Å²) in [7, 11) is 0. The summed E-state index contributed by atoms with van der Waals surface area (Å²) in [5, 5.41) is 1.16. The molecule has 1 saturated heterocycles. The maximum absolute atomic E-state index is 5.80. The third kappa shape index (κ3) is 2.16. The van der Waals surface area contributed by atoms with Gasteiger partial charge in [0.25, 0.3) is 0 Å². The van der Waals surface area contributed by atoms with Crippen LogP contribution in [0.25, 0.3) is 0 Å². The first-order chi connectivity index (χ1) is 7.22. The van der Waals surface area contributed by atoms with Gasteiger partial charge in [0.15, 0.2) is 5.13 Å². The van der Waals surface area contributed by atoms with Gasteiger partial charge in [-0.05, 0) is 39.2 Å². The molecule has 0 radical (unpaired) electrons. The summed E-state index contributed by atoms with van der Waals surface area (Å²) in [5.74, 6) is 0.628. The second-order valence-electron chi connectivity index (χ2n) is 4.33. The second-order valence-corrected chi connectivity index (χ2v) is 5.54. The van der Waals surface area contributed by atoms with Crippen LogP contribution in [0.2, 0.25) is 0 Å². The molecule has 1 aliphatic heterocycles. The number of nitrogens with two attached hydrogens (primary N) is 1. The first-order valence-corrected chi connectivity index (χ1v) is 6.43.